The van der Waals surface area contributed by atoms with Crippen LogP contribution in [-0.4, -0.2) is 27.6 Å². The van der Waals surface area contributed by atoms with Gasteiger partial charge in [0.25, 0.3) is 17.5 Å². The van der Waals surface area contributed by atoms with E-state index in [1.807, 2.05) is 0 Å². The topological polar surface area (TPSA) is 110 Å². The van der Waals surface area contributed by atoms with Gasteiger partial charge in [-0.2, -0.15) is 0 Å². The van der Waals surface area contributed by atoms with Gasteiger partial charge < -0.3 is 0 Å². The molecule has 0 spiro atoms. The van der Waals surface area contributed by atoms with Crippen LogP contribution in [0.1, 0.15) is 10.4 Å². The number of thiocarbonyl (C=S) groups is 1. The molecule has 1 heterocycles. The maximum atomic E-state index is 12.8. The van der Waals surface area contributed by atoms with Crippen molar-refractivity contribution in [3.63, 3.8) is 0 Å². The van der Waals surface area contributed by atoms with Crippen LogP contribution in [0.15, 0.2) is 60.2 Å². The summed E-state index contributed by atoms with van der Waals surface area (Å²) in [6, 6.07) is 11.0. The van der Waals surface area contributed by atoms with Gasteiger partial charge in [0, 0.05) is 28.8 Å². The van der Waals surface area contributed by atoms with E-state index in [9.17, 15) is 24.5 Å². The number of anilines is 1. The highest BCUT2D eigenvalue weighted by Gasteiger charge is 2.35. The van der Waals surface area contributed by atoms with Gasteiger partial charge in [0.05, 0.1) is 10.6 Å². The summed E-state index contributed by atoms with van der Waals surface area (Å²) in [5.74, 6) is -2.24. The normalized spacial score (nSPS) is 15.5. The third-order valence-electron chi connectivity index (χ3n) is 3.82. The van der Waals surface area contributed by atoms with Crippen LogP contribution >= 0.6 is 23.8 Å². The van der Waals surface area contributed by atoms with E-state index in [-0.39, 0.29) is 16.4 Å². The number of carbonyl (C=O) groups excluding carboxylic acids is 3. The standard InChI is InChI=1S/C18H10ClN3O5S/c19-11-3-7-12(8-4-11)21-17(25)14(16(24)20-18(21)28)9-15(23)10-1-5-13(6-2-10)22(26)27/h1-9H,(H,20,24,28). The van der Waals surface area contributed by atoms with Crippen LogP contribution in [0.3, 0.4) is 0 Å². The molecular formula is C18H10ClN3O5S. The number of hydrogen-bond donors (Lipinski definition) is 1. The number of nitro groups is 1. The number of hydrogen-bond acceptors (Lipinski definition) is 6. The number of amides is 2. The number of nitrogens with one attached hydrogen (secondary N) is 1. The second-order valence-electron chi connectivity index (χ2n) is 5.60. The highest BCUT2D eigenvalue weighted by atomic mass is 35.5. The van der Waals surface area contributed by atoms with Crippen LogP contribution in [0.4, 0.5) is 11.4 Å². The number of carbonyl (C=O) groups is 3. The summed E-state index contributed by atoms with van der Waals surface area (Å²) < 4.78 is 0. The Morgan fingerprint density at radius 3 is 2.29 bits per heavy atom. The summed E-state index contributed by atoms with van der Waals surface area (Å²) in [5.41, 5.74) is -0.139. The molecular weight excluding hydrogens is 406 g/mol. The average molecular weight is 416 g/mol. The van der Waals surface area contributed by atoms with Gasteiger partial charge in [0.2, 0.25) is 0 Å². The molecule has 28 heavy (non-hydrogen) atoms. The van der Waals surface area contributed by atoms with Crippen molar-refractivity contribution in [2.45, 2.75) is 0 Å². The summed E-state index contributed by atoms with van der Waals surface area (Å²) in [6.45, 7) is 0. The molecule has 0 atom stereocenters. The molecule has 2 aromatic rings. The Kier molecular flexibility index (Phi) is 5.30. The monoisotopic (exact) mass is 415 g/mol. The van der Waals surface area contributed by atoms with Crippen LogP contribution in [0.5, 0.6) is 0 Å². The van der Waals surface area contributed by atoms with Crippen LogP contribution < -0.4 is 10.2 Å². The molecule has 0 aliphatic carbocycles. The Bertz CT molecular complexity index is 1050. The maximum absolute atomic E-state index is 12.8. The Labute approximate surface area is 168 Å². The average Bonchev–Trinajstić information content (AvgIpc) is 2.66. The summed E-state index contributed by atoms with van der Waals surface area (Å²) in [7, 11) is 0. The Hall–Kier alpha value is -3.43. The number of nitro benzene ring substituents is 1. The first-order chi connectivity index (χ1) is 13.3. The van der Waals surface area contributed by atoms with Crippen molar-refractivity contribution in [3.05, 3.63) is 80.9 Å². The lowest BCUT2D eigenvalue weighted by molar-refractivity contribution is -0.384. The smallest absolute Gasteiger partial charge is 0.270 e. The molecule has 2 amide bonds. The number of non-ortho nitro benzene ring substituents is 1. The van der Waals surface area contributed by atoms with E-state index in [0.29, 0.717) is 10.7 Å². The number of halogens is 1. The fourth-order valence-corrected chi connectivity index (χ4v) is 2.85. The van der Waals surface area contributed by atoms with Crippen molar-refractivity contribution in [1.82, 2.24) is 5.32 Å². The summed E-state index contributed by atoms with van der Waals surface area (Å²) in [5, 5.41) is 13.4. The minimum Gasteiger partial charge on any atom is -0.298 e. The zero-order valence-electron chi connectivity index (χ0n) is 13.9. The molecule has 10 heteroatoms. The molecule has 1 aliphatic heterocycles. The zero-order valence-corrected chi connectivity index (χ0v) is 15.5. The Balaban J connectivity index is 1.92. The number of nitrogens with zero attached hydrogens (tertiary/aromatic N) is 2. The Morgan fingerprint density at radius 2 is 1.71 bits per heavy atom. The van der Waals surface area contributed by atoms with Crippen molar-refractivity contribution in [2.75, 3.05) is 4.90 Å². The number of benzene rings is 2. The highest BCUT2D eigenvalue weighted by molar-refractivity contribution is 7.80. The van der Waals surface area contributed by atoms with Gasteiger partial charge in [0.1, 0.15) is 5.57 Å². The zero-order chi connectivity index (χ0) is 20.4. The largest absolute Gasteiger partial charge is 0.298 e. The molecule has 1 aliphatic rings. The van der Waals surface area contributed by atoms with Crippen molar-refractivity contribution >= 4 is 57.9 Å². The third-order valence-corrected chi connectivity index (χ3v) is 4.36. The van der Waals surface area contributed by atoms with Gasteiger partial charge in [-0.05, 0) is 48.6 Å². The van der Waals surface area contributed by atoms with E-state index >= 15 is 0 Å². The quantitative estimate of drug-likeness (QED) is 0.205. The molecule has 0 unspecified atom stereocenters. The fourth-order valence-electron chi connectivity index (χ4n) is 2.44. The number of rotatable bonds is 4. The van der Waals surface area contributed by atoms with Gasteiger partial charge in [-0.15, -0.1) is 0 Å². The predicted octanol–water partition coefficient (Wildman–Crippen LogP) is 2.81. The lowest BCUT2D eigenvalue weighted by Gasteiger charge is -2.28. The van der Waals surface area contributed by atoms with Crippen LogP contribution in [-0.2, 0) is 9.59 Å². The second kappa shape index (κ2) is 7.67. The van der Waals surface area contributed by atoms with Crippen LogP contribution in [0, 0.1) is 10.1 Å². The molecule has 3 rings (SSSR count). The van der Waals surface area contributed by atoms with E-state index in [1.165, 1.54) is 12.1 Å². The van der Waals surface area contributed by atoms with Gasteiger partial charge in [-0.3, -0.25) is 34.7 Å². The van der Waals surface area contributed by atoms with Crippen molar-refractivity contribution in [2.24, 2.45) is 0 Å². The molecule has 2 aromatic carbocycles. The summed E-state index contributed by atoms with van der Waals surface area (Å²) in [6.07, 6.45) is 0.878. The Morgan fingerprint density at radius 1 is 1.11 bits per heavy atom. The molecule has 8 nitrogen and oxygen atoms in total. The van der Waals surface area contributed by atoms with Gasteiger partial charge in [0.15, 0.2) is 10.9 Å². The minimum absolute atomic E-state index is 0.0879. The molecule has 1 fully saturated rings. The van der Waals surface area contributed by atoms with Crippen LogP contribution in [0.2, 0.25) is 5.02 Å². The fraction of sp³-hybridized carbons (Fsp3) is 0. The SMILES string of the molecule is O=C1NC(=S)N(c2ccc(Cl)cc2)C(=O)C1=CC(=O)c1ccc([N+](=O)[O-])cc1. The first-order valence-electron chi connectivity index (χ1n) is 7.74. The third kappa shape index (κ3) is 3.80. The molecule has 1 N–H and O–H groups in total. The van der Waals surface area contributed by atoms with Crippen molar-refractivity contribution in [3.8, 4) is 0 Å². The van der Waals surface area contributed by atoms with E-state index in [0.717, 1.165) is 23.1 Å². The first-order valence-corrected chi connectivity index (χ1v) is 8.52. The summed E-state index contributed by atoms with van der Waals surface area (Å²) >= 11 is 10.9. The molecule has 0 bridgehead atoms. The first kappa shape index (κ1) is 19.3. The van der Waals surface area contributed by atoms with E-state index in [4.69, 9.17) is 23.8 Å². The number of ketones is 1. The highest BCUT2D eigenvalue weighted by Crippen LogP contribution is 2.23. The predicted molar refractivity (Wildman–Crippen MR) is 105 cm³/mol. The summed E-state index contributed by atoms with van der Waals surface area (Å²) in [4.78, 5) is 48.5. The van der Waals surface area contributed by atoms with Gasteiger partial charge in [-0.25, -0.2) is 0 Å². The van der Waals surface area contributed by atoms with Crippen molar-refractivity contribution in [1.29, 1.82) is 0 Å². The molecule has 0 radical (unpaired) electrons. The van der Waals surface area contributed by atoms with E-state index < -0.39 is 28.1 Å². The van der Waals surface area contributed by atoms with Crippen LogP contribution in [0.25, 0.3) is 0 Å². The minimum atomic E-state index is -0.810. The molecule has 0 aromatic heterocycles. The number of allylic oxidation sites excluding steroid dienone is 1. The maximum Gasteiger partial charge on any atom is 0.270 e. The van der Waals surface area contributed by atoms with E-state index in [1.54, 1.807) is 24.3 Å². The second-order valence-corrected chi connectivity index (χ2v) is 6.43. The molecule has 140 valence electrons. The van der Waals surface area contributed by atoms with Gasteiger partial charge >= 0.3 is 0 Å². The lowest BCUT2D eigenvalue weighted by atomic mass is 10.0. The lowest BCUT2D eigenvalue weighted by Crippen LogP contribution is -2.54. The van der Waals surface area contributed by atoms with Gasteiger partial charge in [-0.1, -0.05) is 11.6 Å². The van der Waals surface area contributed by atoms with E-state index in [2.05, 4.69) is 5.32 Å². The van der Waals surface area contributed by atoms with Crippen molar-refractivity contribution < 1.29 is 19.3 Å². The molecule has 1 saturated heterocycles. The molecule has 0 saturated carbocycles.